The summed E-state index contributed by atoms with van der Waals surface area (Å²) in [5, 5.41) is 8.74. The molecule has 0 unspecified atom stereocenters. The first kappa shape index (κ1) is 17.5. The molecule has 1 aliphatic carbocycles. The fourth-order valence-electron chi connectivity index (χ4n) is 3.11. The van der Waals surface area contributed by atoms with Crippen molar-refractivity contribution in [3.8, 4) is 11.8 Å². The van der Waals surface area contributed by atoms with E-state index in [2.05, 4.69) is 27.6 Å². The number of urea groups is 1. The van der Waals surface area contributed by atoms with Crippen LogP contribution in [0.3, 0.4) is 0 Å². The van der Waals surface area contributed by atoms with Gasteiger partial charge in [-0.15, -0.1) is 0 Å². The molecule has 2 aliphatic rings. The number of hydrogen-bond acceptors (Lipinski definition) is 2. The minimum absolute atomic E-state index is 0.0448. The quantitative estimate of drug-likeness (QED) is 0.809. The normalized spacial score (nSPS) is 21.6. The average Bonchev–Trinajstić information content (AvgIpc) is 3.28. The molecule has 27 heavy (non-hydrogen) atoms. The number of amides is 2. The van der Waals surface area contributed by atoms with Crippen LogP contribution < -0.4 is 10.6 Å². The van der Waals surface area contributed by atoms with Crippen molar-refractivity contribution < 1.29 is 18.0 Å². The molecule has 1 fully saturated rings. The Morgan fingerprint density at radius 2 is 2.19 bits per heavy atom. The molecule has 2 amide bonds. The monoisotopic (exact) mass is 374 g/mol. The SMILES string of the molecule is CC(F)(F)[C@@]1(C#CC2CC2)NC(=O)Nc2cc(Cn3cccn3)c(F)cc21. The largest absolute Gasteiger partial charge is 0.320 e. The summed E-state index contributed by atoms with van der Waals surface area (Å²) < 4.78 is 45.5. The van der Waals surface area contributed by atoms with Crippen LogP contribution in [0.5, 0.6) is 0 Å². The van der Waals surface area contributed by atoms with E-state index in [1.54, 1.807) is 18.5 Å². The van der Waals surface area contributed by atoms with Crippen molar-refractivity contribution in [1.29, 1.82) is 0 Å². The third kappa shape index (κ3) is 3.14. The Hall–Kier alpha value is -2.95. The lowest BCUT2D eigenvalue weighted by Crippen LogP contribution is -2.59. The minimum atomic E-state index is -3.42. The standard InChI is InChI=1S/C19H17F3N4O/c1-18(21,22)19(6-5-12-3-4-12)14-10-15(20)13(11-26-8-2-7-23-26)9-16(14)24-17(27)25-19/h2,7-10,12H,3-4,11H2,1H3,(H2,24,25,27)/t19-/m0/s1. The first-order chi connectivity index (χ1) is 12.8. The highest BCUT2D eigenvalue weighted by atomic mass is 19.3. The van der Waals surface area contributed by atoms with Crippen molar-refractivity contribution in [3.05, 3.63) is 47.5 Å². The Kier molecular flexibility index (Phi) is 3.91. The molecular formula is C19H17F3N4O. The molecule has 1 atom stereocenters. The second-order valence-corrected chi connectivity index (χ2v) is 6.95. The van der Waals surface area contributed by atoms with Gasteiger partial charge in [0.25, 0.3) is 5.92 Å². The number of hydrogen-bond donors (Lipinski definition) is 2. The van der Waals surface area contributed by atoms with Crippen LogP contribution >= 0.6 is 0 Å². The first-order valence-electron chi connectivity index (χ1n) is 8.58. The smallest absolute Gasteiger partial charge is 0.312 e. The Morgan fingerprint density at radius 3 is 2.81 bits per heavy atom. The lowest BCUT2D eigenvalue weighted by molar-refractivity contribution is -0.0465. The Labute approximate surface area is 153 Å². The number of halogens is 3. The van der Waals surface area contributed by atoms with E-state index in [4.69, 9.17) is 0 Å². The van der Waals surface area contributed by atoms with Gasteiger partial charge in [-0.1, -0.05) is 11.8 Å². The highest BCUT2D eigenvalue weighted by molar-refractivity contribution is 5.95. The van der Waals surface area contributed by atoms with Gasteiger partial charge in [-0.25, -0.2) is 18.0 Å². The molecule has 2 heterocycles. The summed E-state index contributed by atoms with van der Waals surface area (Å²) in [5.74, 6) is 1.32. The Morgan fingerprint density at radius 1 is 1.41 bits per heavy atom. The van der Waals surface area contributed by atoms with E-state index in [1.165, 1.54) is 10.7 Å². The maximum atomic E-state index is 14.7. The van der Waals surface area contributed by atoms with Gasteiger partial charge in [-0.3, -0.25) is 4.68 Å². The van der Waals surface area contributed by atoms with Gasteiger partial charge < -0.3 is 10.6 Å². The second kappa shape index (κ2) is 6.05. The van der Waals surface area contributed by atoms with Crippen molar-refractivity contribution in [1.82, 2.24) is 15.1 Å². The molecule has 2 aromatic rings. The van der Waals surface area contributed by atoms with Gasteiger partial charge in [0.1, 0.15) is 5.82 Å². The second-order valence-electron chi connectivity index (χ2n) is 6.95. The minimum Gasteiger partial charge on any atom is -0.312 e. The van der Waals surface area contributed by atoms with Crippen LogP contribution in [0.25, 0.3) is 0 Å². The van der Waals surface area contributed by atoms with Crippen LogP contribution in [0.1, 0.15) is 30.9 Å². The number of carbonyl (C=O) groups is 1. The van der Waals surface area contributed by atoms with E-state index in [9.17, 15) is 18.0 Å². The predicted octanol–water partition coefficient (Wildman–Crippen LogP) is 3.47. The van der Waals surface area contributed by atoms with Crippen molar-refractivity contribution >= 4 is 11.7 Å². The van der Waals surface area contributed by atoms with E-state index in [0.717, 1.165) is 18.9 Å². The van der Waals surface area contributed by atoms with E-state index in [0.29, 0.717) is 6.92 Å². The summed E-state index contributed by atoms with van der Waals surface area (Å²) >= 11 is 0. The number of nitrogens with one attached hydrogen (secondary N) is 2. The van der Waals surface area contributed by atoms with E-state index >= 15 is 0 Å². The lowest BCUT2D eigenvalue weighted by Gasteiger charge is -2.40. The van der Waals surface area contributed by atoms with Crippen LogP contribution in [-0.2, 0) is 12.1 Å². The molecule has 5 nitrogen and oxygen atoms in total. The Bertz CT molecular complexity index is 952. The molecule has 8 heteroatoms. The summed E-state index contributed by atoms with van der Waals surface area (Å²) in [6.45, 7) is 0.790. The van der Waals surface area contributed by atoms with Gasteiger partial charge in [0.2, 0.25) is 0 Å². The molecule has 0 bridgehead atoms. The topological polar surface area (TPSA) is 59.0 Å². The summed E-state index contributed by atoms with van der Waals surface area (Å²) in [4.78, 5) is 12.1. The average molecular weight is 374 g/mol. The lowest BCUT2D eigenvalue weighted by atomic mass is 9.81. The first-order valence-corrected chi connectivity index (χ1v) is 8.58. The van der Waals surface area contributed by atoms with Crippen molar-refractivity contribution in [2.24, 2.45) is 5.92 Å². The summed E-state index contributed by atoms with van der Waals surface area (Å²) in [5.41, 5.74) is -2.01. The van der Waals surface area contributed by atoms with Crippen LogP contribution in [0.15, 0.2) is 30.6 Å². The molecule has 2 N–H and O–H groups in total. The molecule has 0 spiro atoms. The van der Waals surface area contributed by atoms with E-state index in [-0.39, 0.29) is 29.3 Å². The van der Waals surface area contributed by atoms with Crippen molar-refractivity contribution in [2.75, 3.05) is 5.32 Å². The van der Waals surface area contributed by atoms with Crippen LogP contribution in [0, 0.1) is 23.6 Å². The molecule has 1 aromatic carbocycles. The zero-order valence-electron chi connectivity index (χ0n) is 14.5. The van der Waals surface area contributed by atoms with Crippen LogP contribution in [0.2, 0.25) is 0 Å². The zero-order valence-corrected chi connectivity index (χ0v) is 14.5. The number of nitrogens with zero attached hydrogens (tertiary/aromatic N) is 2. The molecule has 1 saturated carbocycles. The molecule has 0 saturated heterocycles. The fourth-order valence-corrected chi connectivity index (χ4v) is 3.11. The van der Waals surface area contributed by atoms with E-state index < -0.39 is 23.3 Å². The van der Waals surface area contributed by atoms with Gasteiger partial charge in [0.15, 0.2) is 5.54 Å². The molecule has 1 aliphatic heterocycles. The summed E-state index contributed by atoms with van der Waals surface area (Å²) in [7, 11) is 0. The van der Waals surface area contributed by atoms with Crippen molar-refractivity contribution in [2.45, 2.75) is 37.8 Å². The number of rotatable bonds is 3. The molecule has 140 valence electrons. The van der Waals surface area contributed by atoms with Crippen molar-refractivity contribution in [3.63, 3.8) is 0 Å². The van der Waals surface area contributed by atoms with Gasteiger partial charge in [-0.05, 0) is 31.0 Å². The van der Waals surface area contributed by atoms with Gasteiger partial charge in [0, 0.05) is 42.0 Å². The predicted molar refractivity (Wildman–Crippen MR) is 92.7 cm³/mol. The number of anilines is 1. The van der Waals surface area contributed by atoms with E-state index in [1.807, 2.05) is 0 Å². The number of benzene rings is 1. The third-order valence-electron chi connectivity index (χ3n) is 4.73. The number of fused-ring (bicyclic) bond motifs is 1. The number of aromatic nitrogens is 2. The van der Waals surface area contributed by atoms with Gasteiger partial charge in [-0.2, -0.15) is 5.10 Å². The fraction of sp³-hybridized carbons (Fsp3) is 0.368. The van der Waals surface area contributed by atoms with Crippen LogP contribution in [-0.4, -0.2) is 21.7 Å². The third-order valence-corrected chi connectivity index (χ3v) is 4.73. The van der Waals surface area contributed by atoms with Gasteiger partial charge >= 0.3 is 6.03 Å². The van der Waals surface area contributed by atoms with Crippen LogP contribution in [0.4, 0.5) is 23.7 Å². The highest BCUT2D eigenvalue weighted by Gasteiger charge is 2.55. The maximum absolute atomic E-state index is 14.7. The Balaban J connectivity index is 1.84. The maximum Gasteiger partial charge on any atom is 0.320 e. The highest BCUT2D eigenvalue weighted by Crippen LogP contribution is 2.44. The number of alkyl halides is 2. The molecule has 1 aromatic heterocycles. The zero-order chi connectivity index (χ0) is 19.2. The summed E-state index contributed by atoms with van der Waals surface area (Å²) in [6, 6.07) is 3.29. The van der Waals surface area contributed by atoms with Gasteiger partial charge in [0.05, 0.1) is 6.54 Å². The number of carbonyl (C=O) groups excluding carboxylic acids is 1. The molecule has 4 rings (SSSR count). The molecule has 0 radical (unpaired) electrons. The summed E-state index contributed by atoms with van der Waals surface area (Å²) in [6.07, 6.45) is 4.89. The molecular weight excluding hydrogens is 357 g/mol.